The molecule has 1 aromatic rings. The number of rotatable bonds is 7. The van der Waals surface area contributed by atoms with Crippen molar-refractivity contribution in [3.8, 4) is 0 Å². The highest BCUT2D eigenvalue weighted by molar-refractivity contribution is 5.76. The summed E-state index contributed by atoms with van der Waals surface area (Å²) in [4.78, 5) is 16.0. The zero-order chi connectivity index (χ0) is 15.1. The molecule has 1 N–H and O–H groups in total. The molecule has 4 heteroatoms. The molecular weight excluding hydrogens is 264 g/mol. The lowest BCUT2D eigenvalue weighted by molar-refractivity contribution is -0.122. The van der Waals surface area contributed by atoms with E-state index in [1.54, 1.807) is 0 Å². The highest BCUT2D eigenvalue weighted by Crippen LogP contribution is 2.19. The van der Waals surface area contributed by atoms with Crippen molar-refractivity contribution >= 4 is 5.91 Å². The number of carbonyl (C=O) groups excluding carboxylic acids is 1. The van der Waals surface area contributed by atoms with Crippen LogP contribution in [0.25, 0.3) is 0 Å². The number of nitrogens with zero attached hydrogens (tertiary/aromatic N) is 1. The molecule has 21 heavy (non-hydrogen) atoms. The molecule has 0 aliphatic carbocycles. The van der Waals surface area contributed by atoms with E-state index < -0.39 is 0 Å². The van der Waals surface area contributed by atoms with Crippen LogP contribution in [0.15, 0.2) is 24.5 Å². The maximum absolute atomic E-state index is 12.0. The molecular formula is C17H26N2O2. The first-order chi connectivity index (χ1) is 10.1. The monoisotopic (exact) mass is 290 g/mol. The van der Waals surface area contributed by atoms with Crippen LogP contribution in [0.2, 0.25) is 0 Å². The van der Waals surface area contributed by atoms with Crippen LogP contribution in [0, 0.1) is 11.8 Å². The number of carbonyl (C=O) groups is 1. The maximum Gasteiger partial charge on any atom is 0.220 e. The predicted molar refractivity (Wildman–Crippen MR) is 82.9 cm³/mol. The summed E-state index contributed by atoms with van der Waals surface area (Å²) in [6.07, 6.45) is 7.24. The lowest BCUT2D eigenvalue weighted by Crippen LogP contribution is -2.40. The van der Waals surface area contributed by atoms with Gasteiger partial charge in [-0.05, 0) is 36.5 Å². The van der Waals surface area contributed by atoms with E-state index in [0.717, 1.165) is 25.9 Å². The van der Waals surface area contributed by atoms with E-state index in [1.165, 1.54) is 5.56 Å². The van der Waals surface area contributed by atoms with E-state index in [4.69, 9.17) is 4.74 Å². The van der Waals surface area contributed by atoms with Gasteiger partial charge in [0.15, 0.2) is 0 Å². The Balaban J connectivity index is 1.77. The summed E-state index contributed by atoms with van der Waals surface area (Å²) in [6, 6.07) is 4.20. The number of amides is 1. The lowest BCUT2D eigenvalue weighted by Gasteiger charge is -2.19. The first-order valence-corrected chi connectivity index (χ1v) is 7.91. The minimum absolute atomic E-state index is 0.143. The molecule has 0 bridgehead atoms. The molecule has 1 aliphatic rings. The molecule has 116 valence electrons. The Labute approximate surface area is 127 Å². The molecule has 2 rings (SSSR count). The molecule has 1 aromatic heterocycles. The fraction of sp³-hybridized carbons (Fsp3) is 0.647. The van der Waals surface area contributed by atoms with Crippen molar-refractivity contribution < 1.29 is 9.53 Å². The van der Waals surface area contributed by atoms with Crippen molar-refractivity contribution in [3.63, 3.8) is 0 Å². The second-order valence-electron chi connectivity index (χ2n) is 6.32. The Bertz CT molecular complexity index is 434. The number of nitrogens with one attached hydrogen (secondary N) is 1. The minimum Gasteiger partial charge on any atom is -0.379 e. The predicted octanol–water partition coefficient (Wildman–Crippen LogP) is 2.58. The standard InChI is InChI=1S/C17H26N2O2/c1-13(2)4-3-5-17(20)19-16-12-21-11-15(16)10-14-6-8-18-9-7-14/h6-9,13,15-16H,3-5,10-12H2,1-2H3,(H,19,20)/t15-,16-/m1/s1. The molecule has 1 fully saturated rings. The van der Waals surface area contributed by atoms with Crippen LogP contribution < -0.4 is 5.32 Å². The summed E-state index contributed by atoms with van der Waals surface area (Å²) in [5.41, 5.74) is 1.25. The van der Waals surface area contributed by atoms with Gasteiger partial charge in [0.05, 0.1) is 19.3 Å². The molecule has 1 aliphatic heterocycles. The molecule has 2 atom stereocenters. The lowest BCUT2D eigenvalue weighted by atomic mass is 9.95. The summed E-state index contributed by atoms with van der Waals surface area (Å²) >= 11 is 0. The van der Waals surface area contributed by atoms with Crippen molar-refractivity contribution in [2.45, 2.75) is 45.6 Å². The summed E-state index contributed by atoms with van der Waals surface area (Å²) in [5.74, 6) is 1.18. The van der Waals surface area contributed by atoms with Gasteiger partial charge in [-0.3, -0.25) is 9.78 Å². The van der Waals surface area contributed by atoms with Gasteiger partial charge in [0.2, 0.25) is 5.91 Å². The third kappa shape index (κ3) is 5.46. The van der Waals surface area contributed by atoms with Gasteiger partial charge >= 0.3 is 0 Å². The van der Waals surface area contributed by atoms with Crippen LogP contribution in [0.5, 0.6) is 0 Å². The van der Waals surface area contributed by atoms with Gasteiger partial charge in [-0.25, -0.2) is 0 Å². The van der Waals surface area contributed by atoms with Crippen molar-refractivity contribution in [3.05, 3.63) is 30.1 Å². The third-order valence-electron chi connectivity index (χ3n) is 3.98. The summed E-state index contributed by atoms with van der Waals surface area (Å²) in [7, 11) is 0. The quantitative estimate of drug-likeness (QED) is 0.839. The van der Waals surface area contributed by atoms with Crippen LogP contribution >= 0.6 is 0 Å². The van der Waals surface area contributed by atoms with Gasteiger partial charge in [0.1, 0.15) is 0 Å². The second kappa shape index (κ2) is 8.13. The molecule has 0 saturated carbocycles. The van der Waals surface area contributed by atoms with Gasteiger partial charge in [-0.15, -0.1) is 0 Å². The van der Waals surface area contributed by atoms with Gasteiger partial charge in [-0.2, -0.15) is 0 Å². The topological polar surface area (TPSA) is 51.2 Å². The zero-order valence-electron chi connectivity index (χ0n) is 13.0. The van der Waals surface area contributed by atoms with Crippen LogP contribution in [-0.4, -0.2) is 30.1 Å². The van der Waals surface area contributed by atoms with E-state index in [9.17, 15) is 4.79 Å². The molecule has 0 aromatic carbocycles. The number of hydrogen-bond donors (Lipinski definition) is 1. The number of aromatic nitrogens is 1. The molecule has 1 saturated heterocycles. The van der Waals surface area contributed by atoms with Gasteiger partial charge in [0.25, 0.3) is 0 Å². The summed E-state index contributed by atoms with van der Waals surface area (Å²) in [6.45, 7) is 5.73. The molecule has 2 heterocycles. The Hall–Kier alpha value is -1.42. The number of ether oxygens (including phenoxy) is 1. The van der Waals surface area contributed by atoms with Crippen molar-refractivity contribution in [1.29, 1.82) is 0 Å². The van der Waals surface area contributed by atoms with Crippen LogP contribution in [0.3, 0.4) is 0 Å². The first-order valence-electron chi connectivity index (χ1n) is 7.91. The van der Waals surface area contributed by atoms with Crippen LogP contribution in [0.1, 0.15) is 38.7 Å². The van der Waals surface area contributed by atoms with Crippen molar-refractivity contribution in [1.82, 2.24) is 10.3 Å². The normalized spacial score (nSPS) is 21.7. The molecule has 0 radical (unpaired) electrons. The van der Waals surface area contributed by atoms with E-state index >= 15 is 0 Å². The second-order valence-corrected chi connectivity index (χ2v) is 6.32. The number of pyridine rings is 1. The summed E-state index contributed by atoms with van der Waals surface area (Å²) < 4.78 is 5.56. The fourth-order valence-electron chi connectivity index (χ4n) is 2.73. The fourth-order valence-corrected chi connectivity index (χ4v) is 2.73. The molecule has 1 amide bonds. The highest BCUT2D eigenvalue weighted by atomic mass is 16.5. The summed E-state index contributed by atoms with van der Waals surface area (Å²) in [5, 5.41) is 3.14. The van der Waals surface area contributed by atoms with Crippen molar-refractivity contribution in [2.75, 3.05) is 13.2 Å². The maximum atomic E-state index is 12.0. The molecule has 0 spiro atoms. The van der Waals surface area contributed by atoms with E-state index in [1.807, 2.05) is 24.5 Å². The number of hydrogen-bond acceptors (Lipinski definition) is 3. The van der Waals surface area contributed by atoms with E-state index in [0.29, 0.717) is 24.9 Å². The van der Waals surface area contributed by atoms with Gasteiger partial charge < -0.3 is 10.1 Å². The SMILES string of the molecule is CC(C)CCCC(=O)N[C@@H]1COC[C@H]1Cc1ccncc1. The Kier molecular flexibility index (Phi) is 6.18. The van der Waals surface area contributed by atoms with Crippen molar-refractivity contribution in [2.24, 2.45) is 11.8 Å². The van der Waals surface area contributed by atoms with E-state index in [2.05, 4.69) is 24.1 Å². The van der Waals surface area contributed by atoms with E-state index in [-0.39, 0.29) is 11.9 Å². The Morgan fingerprint density at radius 1 is 1.38 bits per heavy atom. The smallest absolute Gasteiger partial charge is 0.220 e. The Morgan fingerprint density at radius 3 is 2.86 bits per heavy atom. The first kappa shape index (κ1) is 16.0. The molecule has 0 unspecified atom stereocenters. The Morgan fingerprint density at radius 2 is 2.14 bits per heavy atom. The average molecular weight is 290 g/mol. The highest BCUT2D eigenvalue weighted by Gasteiger charge is 2.29. The average Bonchev–Trinajstić information content (AvgIpc) is 2.86. The minimum atomic E-state index is 0.143. The van der Waals surface area contributed by atoms with Crippen LogP contribution in [0.4, 0.5) is 0 Å². The van der Waals surface area contributed by atoms with Crippen LogP contribution in [-0.2, 0) is 16.0 Å². The third-order valence-corrected chi connectivity index (χ3v) is 3.98. The zero-order valence-corrected chi connectivity index (χ0v) is 13.0. The largest absolute Gasteiger partial charge is 0.379 e. The molecule has 4 nitrogen and oxygen atoms in total. The van der Waals surface area contributed by atoms with Gasteiger partial charge in [-0.1, -0.05) is 20.3 Å². The van der Waals surface area contributed by atoms with Gasteiger partial charge in [0, 0.05) is 24.7 Å².